The van der Waals surface area contributed by atoms with Crippen LogP contribution in [0.3, 0.4) is 0 Å². The van der Waals surface area contributed by atoms with Crippen LogP contribution in [0.1, 0.15) is 36.1 Å². The summed E-state index contributed by atoms with van der Waals surface area (Å²) < 4.78 is 0. The van der Waals surface area contributed by atoms with E-state index in [2.05, 4.69) is 107 Å². The van der Waals surface area contributed by atoms with Crippen LogP contribution in [0.4, 0.5) is 0 Å². The van der Waals surface area contributed by atoms with E-state index >= 15 is 0 Å². The van der Waals surface area contributed by atoms with E-state index in [-0.39, 0.29) is 31.6 Å². The molecule has 39 heavy (non-hydrogen) atoms. The molecule has 5 rings (SSSR count). The molecule has 3 aromatic carbocycles. The molecule has 2 heterocycles. The Kier molecular flexibility index (Phi) is 10.2. The summed E-state index contributed by atoms with van der Waals surface area (Å²) in [5.41, 5.74) is 10.9. The summed E-state index contributed by atoms with van der Waals surface area (Å²) in [4.78, 5) is 17.3. The van der Waals surface area contributed by atoms with Crippen LogP contribution in [0.15, 0.2) is 84.6 Å². The summed E-state index contributed by atoms with van der Waals surface area (Å²) in [6.45, 7) is 11.4. The number of allylic oxidation sites excluding steroid dienone is 2. The molecule has 0 spiro atoms. The molecule has 0 bridgehead atoms. The van der Waals surface area contributed by atoms with Crippen LogP contribution < -0.4 is 0 Å². The van der Waals surface area contributed by atoms with Crippen molar-refractivity contribution in [2.45, 2.75) is 41.5 Å². The molecule has 1 N–H and O–H groups in total. The van der Waals surface area contributed by atoms with Gasteiger partial charge in [0, 0.05) is 36.4 Å². The molecule has 3 nitrogen and oxygen atoms in total. The van der Waals surface area contributed by atoms with Gasteiger partial charge in [0.05, 0.1) is 5.76 Å². The molecular weight excluding hydrogens is 679 g/mol. The van der Waals surface area contributed by atoms with E-state index in [0.29, 0.717) is 0 Å². The largest absolute Gasteiger partial charge is 0.512 e. The Labute approximate surface area is 248 Å². The molecule has 0 saturated heterocycles. The molecule has 5 heteroatoms. The van der Waals surface area contributed by atoms with E-state index in [1.54, 1.807) is 11.3 Å². The van der Waals surface area contributed by atoms with Gasteiger partial charge in [0.25, 0.3) is 0 Å². The summed E-state index contributed by atoms with van der Waals surface area (Å²) in [5, 5.41) is 9.55. The third-order valence-electron chi connectivity index (χ3n) is 6.16. The van der Waals surface area contributed by atoms with Crippen LogP contribution in [0.25, 0.3) is 43.0 Å². The van der Waals surface area contributed by atoms with Crippen LogP contribution >= 0.6 is 11.3 Å². The van der Waals surface area contributed by atoms with Gasteiger partial charge in [0.15, 0.2) is 5.78 Å². The van der Waals surface area contributed by atoms with Gasteiger partial charge in [-0.05, 0) is 67.3 Å². The van der Waals surface area contributed by atoms with Gasteiger partial charge in [-0.2, -0.15) is 0 Å². The van der Waals surface area contributed by atoms with Crippen molar-refractivity contribution < 1.29 is 30.0 Å². The Balaban J connectivity index is 0.000000468. The molecule has 0 aliphatic heterocycles. The van der Waals surface area contributed by atoms with E-state index in [4.69, 9.17) is 10.1 Å². The second kappa shape index (κ2) is 13.1. The van der Waals surface area contributed by atoms with Crippen LogP contribution in [0.2, 0.25) is 0 Å². The maximum Gasteiger partial charge on any atom is 0.155 e. The molecule has 0 fully saturated rings. The minimum atomic E-state index is -0.125. The zero-order valence-corrected chi connectivity index (χ0v) is 26.3. The Morgan fingerprint density at radius 3 is 2.08 bits per heavy atom. The van der Waals surface area contributed by atoms with Gasteiger partial charge < -0.3 is 5.11 Å². The first-order valence-electron chi connectivity index (χ1n) is 12.6. The predicted molar refractivity (Wildman–Crippen MR) is 161 cm³/mol. The monoisotopic (exact) mass is 711 g/mol. The Hall–Kier alpha value is -3.37. The number of nitrogens with zero attached hydrogens (tertiary/aromatic N) is 1. The van der Waals surface area contributed by atoms with Crippen molar-refractivity contribution in [1.29, 1.82) is 0 Å². The summed E-state index contributed by atoms with van der Waals surface area (Å²) >= 11 is 1.75. The third-order valence-corrected chi connectivity index (χ3v) is 7.25. The fourth-order valence-electron chi connectivity index (χ4n) is 4.61. The van der Waals surface area contributed by atoms with E-state index < -0.39 is 0 Å². The predicted octanol–water partition coefficient (Wildman–Crippen LogP) is 9.37. The van der Waals surface area contributed by atoms with Gasteiger partial charge in [-0.25, -0.2) is 0 Å². The van der Waals surface area contributed by atoms with Crippen molar-refractivity contribution in [1.82, 2.24) is 4.98 Å². The van der Waals surface area contributed by atoms with Crippen molar-refractivity contribution in [2.24, 2.45) is 0 Å². The molecule has 0 atom stereocenters. The summed E-state index contributed by atoms with van der Waals surface area (Å²) in [5.74, 6) is -0.0625. The number of aromatic nitrogens is 1. The number of aliphatic hydroxyl groups excluding tert-OH is 1. The average Bonchev–Trinajstić information content (AvgIpc) is 3.27. The number of thiophene rings is 1. The summed E-state index contributed by atoms with van der Waals surface area (Å²) in [6, 6.07) is 29.7. The molecule has 201 valence electrons. The Morgan fingerprint density at radius 2 is 1.51 bits per heavy atom. The fourth-order valence-corrected chi connectivity index (χ4v) is 5.65. The first-order valence-corrected chi connectivity index (χ1v) is 13.4. The number of hydrogen-bond donors (Lipinski definition) is 1. The van der Waals surface area contributed by atoms with Crippen LogP contribution in [0.5, 0.6) is 0 Å². The first kappa shape index (κ1) is 30.2. The topological polar surface area (TPSA) is 50.2 Å². The molecule has 0 aliphatic rings. The number of aryl methyl sites for hydroxylation is 4. The van der Waals surface area contributed by atoms with Crippen LogP contribution in [-0.4, -0.2) is 15.9 Å². The zero-order chi connectivity index (χ0) is 27.4. The van der Waals surface area contributed by atoms with Gasteiger partial charge in [-0.1, -0.05) is 68.4 Å². The van der Waals surface area contributed by atoms with Gasteiger partial charge in [-0.3, -0.25) is 9.78 Å². The number of fused-ring (bicyclic) bond motifs is 1. The fraction of sp³-hybridized carbons (Fsp3) is 0.176. The second-order valence-corrected chi connectivity index (χ2v) is 10.7. The minimum Gasteiger partial charge on any atom is -0.512 e. The summed E-state index contributed by atoms with van der Waals surface area (Å²) in [6.07, 6.45) is 1.17. The van der Waals surface area contributed by atoms with E-state index in [9.17, 15) is 4.79 Å². The maximum absolute atomic E-state index is 10.0. The van der Waals surface area contributed by atoms with Crippen LogP contribution in [-0.2, 0) is 24.9 Å². The smallest absolute Gasteiger partial charge is 0.155 e. The quantitative estimate of drug-likeness (QED) is 0.115. The Morgan fingerprint density at radius 1 is 0.872 bits per heavy atom. The number of rotatable bonds is 4. The number of carbonyl (C=O) groups is 1. The van der Waals surface area contributed by atoms with E-state index in [1.807, 2.05) is 0 Å². The Bertz CT molecular complexity index is 1600. The zero-order valence-electron chi connectivity index (χ0n) is 23.0. The van der Waals surface area contributed by atoms with Crippen molar-refractivity contribution in [3.8, 4) is 32.8 Å². The van der Waals surface area contributed by atoms with Gasteiger partial charge in [-0.15, -0.1) is 46.2 Å². The van der Waals surface area contributed by atoms with Gasteiger partial charge >= 0.3 is 0 Å². The van der Waals surface area contributed by atoms with Crippen molar-refractivity contribution in [2.75, 3.05) is 0 Å². The molecule has 0 amide bonds. The molecule has 0 aliphatic carbocycles. The number of pyridine rings is 1. The van der Waals surface area contributed by atoms with Crippen molar-refractivity contribution >= 4 is 27.3 Å². The number of ketones is 1. The standard InChI is InChI=1S/C29H24NS.C5H8O2.Ir/c1-18-14-19(2)16-25(15-18)26-13-12-24-17-27(31-29(24)30-26)22-8-10-23(11-9-22)28-20(3)6-5-7-21(28)4;1-4(6)3-5(2)7;/h5-15,17H,1-4H3;3,6H,1-2H3;/q-1;;/b;4-3-;. The van der Waals surface area contributed by atoms with Gasteiger partial charge in [0.2, 0.25) is 0 Å². The number of carbonyl (C=O) groups excluding carboxylic acids is 1. The normalized spacial score (nSPS) is 11.0. The van der Waals surface area contributed by atoms with Gasteiger partial charge in [0.1, 0.15) is 4.83 Å². The third kappa shape index (κ3) is 7.60. The molecule has 5 aromatic rings. The molecule has 2 aromatic heterocycles. The van der Waals surface area contributed by atoms with E-state index in [0.717, 1.165) is 21.7 Å². The first-order chi connectivity index (χ1) is 18.1. The number of aliphatic hydroxyl groups is 1. The number of benzene rings is 3. The SMILES string of the molecule is CC(=O)/C=C(/C)O.Cc1[c-]c(-c2ccc3cc(-c4ccc(-c5c(C)cccc5C)cc4)sc3n2)cc(C)c1.[Ir]. The number of hydrogen-bond acceptors (Lipinski definition) is 4. The molecule has 0 unspecified atom stereocenters. The maximum atomic E-state index is 10.0. The molecule has 1 radical (unpaired) electrons. The van der Waals surface area contributed by atoms with Crippen molar-refractivity contribution in [3.63, 3.8) is 0 Å². The van der Waals surface area contributed by atoms with Crippen molar-refractivity contribution in [3.05, 3.63) is 113 Å². The van der Waals surface area contributed by atoms with Crippen LogP contribution in [0, 0.1) is 33.8 Å². The second-order valence-electron chi connectivity index (χ2n) is 9.70. The molecule has 0 saturated carbocycles. The minimum absolute atomic E-state index is 0. The van der Waals surface area contributed by atoms with E-state index in [1.165, 1.54) is 63.6 Å². The molecular formula is C34H32IrNO2S-. The summed E-state index contributed by atoms with van der Waals surface area (Å²) in [7, 11) is 0. The average molecular weight is 711 g/mol.